The molecule has 0 amide bonds. The van der Waals surface area contributed by atoms with Gasteiger partial charge in [-0.2, -0.15) is 0 Å². The number of nitrogens with zero attached hydrogens (tertiary/aromatic N) is 4. The topological polar surface area (TPSA) is 50.7 Å². The Balaban J connectivity index is 1.43. The molecule has 2 aromatic carbocycles. The number of piperazine rings is 1. The number of aromatic nitrogens is 2. The molecular formula is C23H25FN4O2S. The summed E-state index contributed by atoms with van der Waals surface area (Å²) in [6, 6.07) is 13.1. The van der Waals surface area contributed by atoms with Crippen molar-refractivity contribution in [1.82, 2.24) is 9.97 Å². The lowest BCUT2D eigenvalue weighted by Crippen LogP contribution is -2.47. The zero-order valence-electron chi connectivity index (χ0n) is 17.6. The van der Waals surface area contributed by atoms with Gasteiger partial charge in [-0.25, -0.2) is 14.4 Å². The summed E-state index contributed by atoms with van der Waals surface area (Å²) in [5.74, 6) is 2.27. The van der Waals surface area contributed by atoms with Crippen LogP contribution in [0.25, 0.3) is 0 Å². The van der Waals surface area contributed by atoms with E-state index >= 15 is 0 Å². The van der Waals surface area contributed by atoms with E-state index in [4.69, 9.17) is 9.47 Å². The van der Waals surface area contributed by atoms with E-state index in [2.05, 4.69) is 25.8 Å². The first-order valence-corrected chi connectivity index (χ1v) is 11.1. The molecule has 0 spiro atoms. The van der Waals surface area contributed by atoms with E-state index in [1.807, 2.05) is 24.3 Å². The number of para-hydroxylation sites is 2. The Morgan fingerprint density at radius 1 is 0.903 bits per heavy atom. The third kappa shape index (κ3) is 4.85. The molecule has 0 atom stereocenters. The van der Waals surface area contributed by atoms with Gasteiger partial charge >= 0.3 is 0 Å². The van der Waals surface area contributed by atoms with Crippen LogP contribution in [0.5, 0.6) is 11.5 Å². The quantitative estimate of drug-likeness (QED) is 0.509. The van der Waals surface area contributed by atoms with E-state index in [9.17, 15) is 4.39 Å². The third-order valence-electron chi connectivity index (χ3n) is 5.24. The van der Waals surface area contributed by atoms with Crippen molar-refractivity contribution >= 4 is 23.3 Å². The van der Waals surface area contributed by atoms with E-state index in [0.29, 0.717) is 5.75 Å². The minimum Gasteiger partial charge on any atom is -0.495 e. The van der Waals surface area contributed by atoms with Crippen molar-refractivity contribution in [3.8, 4) is 11.5 Å². The average molecular weight is 441 g/mol. The van der Waals surface area contributed by atoms with Gasteiger partial charge in [-0.05, 0) is 29.8 Å². The number of benzene rings is 2. The van der Waals surface area contributed by atoms with E-state index in [0.717, 1.165) is 54.0 Å². The van der Waals surface area contributed by atoms with Gasteiger partial charge in [0, 0.05) is 44.3 Å². The highest BCUT2D eigenvalue weighted by molar-refractivity contribution is 7.98. The summed E-state index contributed by atoms with van der Waals surface area (Å²) in [5.41, 5.74) is 1.99. The molecule has 162 valence electrons. The van der Waals surface area contributed by atoms with Crippen LogP contribution in [-0.4, -0.2) is 50.4 Å². The van der Waals surface area contributed by atoms with Gasteiger partial charge in [0.25, 0.3) is 0 Å². The first kappa shape index (κ1) is 21.2. The van der Waals surface area contributed by atoms with Crippen molar-refractivity contribution < 1.29 is 13.9 Å². The van der Waals surface area contributed by atoms with E-state index in [1.165, 1.54) is 13.2 Å². The highest BCUT2D eigenvalue weighted by atomic mass is 32.2. The molecule has 0 aliphatic carbocycles. The molecule has 6 nitrogen and oxygen atoms in total. The monoisotopic (exact) mass is 440 g/mol. The summed E-state index contributed by atoms with van der Waals surface area (Å²) in [6.07, 6.45) is 3.42. The Hall–Kier alpha value is -3.00. The van der Waals surface area contributed by atoms with Gasteiger partial charge in [0.2, 0.25) is 0 Å². The van der Waals surface area contributed by atoms with Crippen molar-refractivity contribution in [2.75, 3.05) is 50.2 Å². The van der Waals surface area contributed by atoms with Crippen molar-refractivity contribution in [1.29, 1.82) is 0 Å². The molecule has 0 saturated carbocycles. The van der Waals surface area contributed by atoms with E-state index in [-0.39, 0.29) is 11.6 Å². The van der Waals surface area contributed by atoms with Crippen LogP contribution in [0, 0.1) is 5.82 Å². The van der Waals surface area contributed by atoms with E-state index in [1.54, 1.807) is 37.3 Å². The summed E-state index contributed by atoms with van der Waals surface area (Å²) < 4.78 is 24.5. The summed E-state index contributed by atoms with van der Waals surface area (Å²) in [4.78, 5) is 13.7. The summed E-state index contributed by atoms with van der Waals surface area (Å²) in [5, 5.41) is 0.851. The standard InChI is InChI=1S/C23H25FN4O2S/c1-29-20-8-7-17(15-18(20)24)16-31-23-22(25-9-10-26-23)28-13-11-27(12-14-28)19-5-3-4-6-21(19)30-2/h3-10,15H,11-14,16H2,1-2H3. The van der Waals surface area contributed by atoms with Gasteiger partial charge in [0.05, 0.1) is 19.9 Å². The zero-order chi connectivity index (χ0) is 21.6. The largest absolute Gasteiger partial charge is 0.495 e. The van der Waals surface area contributed by atoms with E-state index < -0.39 is 0 Å². The van der Waals surface area contributed by atoms with Crippen molar-refractivity contribution in [3.63, 3.8) is 0 Å². The summed E-state index contributed by atoms with van der Waals surface area (Å²) >= 11 is 1.56. The molecule has 2 heterocycles. The zero-order valence-corrected chi connectivity index (χ0v) is 18.4. The lowest BCUT2D eigenvalue weighted by Gasteiger charge is -2.37. The predicted octanol–water partition coefficient (Wildman–Crippen LogP) is 4.25. The Morgan fingerprint density at radius 2 is 1.61 bits per heavy atom. The predicted molar refractivity (Wildman–Crippen MR) is 122 cm³/mol. The molecule has 1 aliphatic rings. The molecule has 4 rings (SSSR count). The van der Waals surface area contributed by atoms with Gasteiger partial charge in [0.1, 0.15) is 10.8 Å². The number of hydrogen-bond donors (Lipinski definition) is 0. The van der Waals surface area contributed by atoms with Crippen LogP contribution in [-0.2, 0) is 5.75 Å². The highest BCUT2D eigenvalue weighted by Gasteiger charge is 2.22. The van der Waals surface area contributed by atoms with Gasteiger partial charge in [-0.15, -0.1) is 0 Å². The van der Waals surface area contributed by atoms with Crippen molar-refractivity contribution in [2.45, 2.75) is 10.8 Å². The number of anilines is 2. The molecule has 8 heteroatoms. The number of ether oxygens (including phenoxy) is 2. The fraction of sp³-hybridized carbons (Fsp3) is 0.304. The molecule has 0 radical (unpaired) electrons. The maximum absolute atomic E-state index is 14.0. The Morgan fingerprint density at radius 3 is 2.35 bits per heavy atom. The van der Waals surface area contributed by atoms with Crippen LogP contribution >= 0.6 is 11.8 Å². The van der Waals surface area contributed by atoms with Gasteiger partial charge < -0.3 is 19.3 Å². The van der Waals surface area contributed by atoms with Crippen LogP contribution < -0.4 is 19.3 Å². The number of halogens is 1. The minimum absolute atomic E-state index is 0.252. The fourth-order valence-corrected chi connectivity index (χ4v) is 4.57. The average Bonchev–Trinajstić information content (AvgIpc) is 2.83. The second-order valence-corrected chi connectivity index (χ2v) is 8.05. The summed E-state index contributed by atoms with van der Waals surface area (Å²) in [7, 11) is 3.17. The molecule has 1 aliphatic heterocycles. The molecule has 1 saturated heterocycles. The maximum Gasteiger partial charge on any atom is 0.165 e. The van der Waals surface area contributed by atoms with Gasteiger partial charge in [-0.1, -0.05) is 30.0 Å². The third-order valence-corrected chi connectivity index (χ3v) is 6.28. The SMILES string of the molecule is COc1ccc(CSc2nccnc2N2CCN(c3ccccc3OC)CC2)cc1F. The Bertz CT molecular complexity index is 1030. The van der Waals surface area contributed by atoms with Crippen LogP contribution in [0.15, 0.2) is 59.9 Å². The van der Waals surface area contributed by atoms with Crippen LogP contribution in [0.4, 0.5) is 15.9 Å². The first-order valence-electron chi connectivity index (χ1n) is 10.1. The molecule has 0 unspecified atom stereocenters. The normalized spacial score (nSPS) is 13.9. The molecule has 1 aromatic heterocycles. The Kier molecular flexibility index (Phi) is 6.76. The van der Waals surface area contributed by atoms with Crippen molar-refractivity contribution in [2.24, 2.45) is 0 Å². The molecular weight excluding hydrogens is 415 g/mol. The lowest BCUT2D eigenvalue weighted by molar-refractivity contribution is 0.386. The Labute approximate surface area is 186 Å². The molecule has 0 N–H and O–H groups in total. The molecule has 1 fully saturated rings. The van der Waals surface area contributed by atoms with Gasteiger partial charge in [0.15, 0.2) is 17.4 Å². The van der Waals surface area contributed by atoms with Crippen molar-refractivity contribution in [3.05, 3.63) is 66.2 Å². The highest BCUT2D eigenvalue weighted by Crippen LogP contribution is 2.32. The van der Waals surface area contributed by atoms with Crippen LogP contribution in [0.1, 0.15) is 5.56 Å². The smallest absolute Gasteiger partial charge is 0.165 e. The molecule has 0 bridgehead atoms. The number of hydrogen-bond acceptors (Lipinski definition) is 7. The van der Waals surface area contributed by atoms with Crippen LogP contribution in [0.3, 0.4) is 0 Å². The second-order valence-electron chi connectivity index (χ2n) is 7.09. The maximum atomic E-state index is 14.0. The molecule has 31 heavy (non-hydrogen) atoms. The number of thioether (sulfide) groups is 1. The molecule has 3 aromatic rings. The minimum atomic E-state index is -0.354. The number of rotatable bonds is 7. The second kappa shape index (κ2) is 9.87. The fourth-order valence-electron chi connectivity index (χ4n) is 3.64. The summed E-state index contributed by atoms with van der Waals surface area (Å²) in [6.45, 7) is 3.40. The lowest BCUT2D eigenvalue weighted by atomic mass is 10.2. The van der Waals surface area contributed by atoms with Crippen LogP contribution in [0.2, 0.25) is 0 Å². The first-order chi connectivity index (χ1) is 15.2. The number of methoxy groups -OCH3 is 2. The van der Waals surface area contributed by atoms with Gasteiger partial charge in [-0.3, -0.25) is 0 Å².